The Hall–Kier alpha value is -1.22. The lowest BCUT2D eigenvalue weighted by Crippen LogP contribution is -2.60. The molecule has 2 aliphatic heterocycles. The van der Waals surface area contributed by atoms with Crippen molar-refractivity contribution in [2.24, 2.45) is 5.92 Å². The summed E-state index contributed by atoms with van der Waals surface area (Å²) in [4.78, 5) is 29.7. The van der Waals surface area contributed by atoms with Gasteiger partial charge in [0.1, 0.15) is 0 Å². The quantitative estimate of drug-likeness (QED) is 0.495. The Bertz CT molecular complexity index is 554. The third-order valence-corrected chi connectivity index (χ3v) is 7.23. The fourth-order valence-corrected chi connectivity index (χ4v) is 5.30. The van der Waals surface area contributed by atoms with Crippen LogP contribution in [0.4, 0.5) is 0 Å². The fourth-order valence-electron chi connectivity index (χ4n) is 5.30. The fraction of sp³-hybridized carbons (Fsp3) is 0.913. The monoisotopic (exact) mass is 438 g/mol. The van der Waals surface area contributed by atoms with Gasteiger partial charge in [-0.15, -0.1) is 0 Å². The van der Waals surface area contributed by atoms with E-state index in [0.29, 0.717) is 19.7 Å². The van der Waals surface area contributed by atoms with Gasteiger partial charge in [0.05, 0.1) is 19.8 Å². The van der Waals surface area contributed by atoms with Crippen molar-refractivity contribution in [2.45, 2.75) is 56.9 Å². The van der Waals surface area contributed by atoms with Gasteiger partial charge in [0.15, 0.2) is 0 Å². The largest absolute Gasteiger partial charge is 0.385 e. The Balaban J connectivity index is 1.38. The second kappa shape index (κ2) is 12.7. The molecular formula is C23H42N4O4. The number of carbonyl (C=O) groups is 2. The minimum absolute atomic E-state index is 0.0636. The van der Waals surface area contributed by atoms with Crippen molar-refractivity contribution >= 4 is 11.8 Å². The third-order valence-electron chi connectivity index (χ3n) is 7.23. The van der Waals surface area contributed by atoms with Crippen molar-refractivity contribution in [3.63, 3.8) is 0 Å². The number of hydrogen-bond acceptors (Lipinski definition) is 6. The van der Waals surface area contributed by atoms with E-state index in [1.165, 1.54) is 19.3 Å². The van der Waals surface area contributed by atoms with E-state index in [1.54, 1.807) is 7.11 Å². The van der Waals surface area contributed by atoms with E-state index >= 15 is 0 Å². The summed E-state index contributed by atoms with van der Waals surface area (Å²) in [6, 6.07) is 0. The van der Waals surface area contributed by atoms with Crippen LogP contribution in [0.15, 0.2) is 0 Å². The standard InChI is InChI=1S/C23H42N4O4/c1-30-15-5-10-24-22(29)20-6-11-26(12-7-20)18-21(28)25-19-23(8-3-2-4-9-23)27-13-16-31-17-14-27/h20H,2-19H2,1H3,(H,24,29)(H,25,28). The van der Waals surface area contributed by atoms with Crippen LogP contribution in [0.1, 0.15) is 51.4 Å². The van der Waals surface area contributed by atoms with E-state index in [0.717, 1.165) is 78.0 Å². The molecule has 31 heavy (non-hydrogen) atoms. The number of methoxy groups -OCH3 is 1. The molecule has 178 valence electrons. The highest BCUT2D eigenvalue weighted by atomic mass is 16.5. The van der Waals surface area contributed by atoms with Crippen LogP contribution in [0.3, 0.4) is 0 Å². The zero-order chi connectivity index (χ0) is 21.9. The van der Waals surface area contributed by atoms with Crippen LogP contribution < -0.4 is 10.6 Å². The number of rotatable bonds is 10. The molecule has 1 saturated carbocycles. The Morgan fingerprint density at radius 2 is 1.74 bits per heavy atom. The summed E-state index contributed by atoms with van der Waals surface area (Å²) in [5.74, 6) is 0.319. The molecule has 2 N–H and O–H groups in total. The van der Waals surface area contributed by atoms with Gasteiger partial charge < -0.3 is 20.1 Å². The average Bonchev–Trinajstić information content (AvgIpc) is 2.82. The maximum atomic E-state index is 12.7. The molecule has 3 aliphatic rings. The number of hydrogen-bond donors (Lipinski definition) is 2. The third kappa shape index (κ3) is 7.41. The number of morpholine rings is 1. The van der Waals surface area contributed by atoms with Crippen molar-refractivity contribution in [3.05, 3.63) is 0 Å². The van der Waals surface area contributed by atoms with Crippen LogP contribution in [-0.2, 0) is 19.1 Å². The minimum atomic E-state index is 0.0636. The molecule has 2 amide bonds. The normalized spacial score (nSPS) is 23.4. The second-order valence-corrected chi connectivity index (χ2v) is 9.35. The lowest BCUT2D eigenvalue weighted by molar-refractivity contribution is -0.127. The topological polar surface area (TPSA) is 83.1 Å². The highest BCUT2D eigenvalue weighted by molar-refractivity contribution is 5.79. The lowest BCUT2D eigenvalue weighted by Gasteiger charge is -2.48. The van der Waals surface area contributed by atoms with Gasteiger partial charge in [0, 0.05) is 51.4 Å². The molecule has 0 bridgehead atoms. The van der Waals surface area contributed by atoms with Crippen LogP contribution in [0.25, 0.3) is 0 Å². The van der Waals surface area contributed by atoms with Crippen molar-refractivity contribution in [3.8, 4) is 0 Å². The van der Waals surface area contributed by atoms with E-state index in [4.69, 9.17) is 9.47 Å². The Morgan fingerprint density at radius 3 is 2.42 bits per heavy atom. The van der Waals surface area contributed by atoms with E-state index in [9.17, 15) is 9.59 Å². The highest BCUT2D eigenvalue weighted by Crippen LogP contribution is 2.33. The molecule has 3 fully saturated rings. The number of piperidine rings is 1. The van der Waals surface area contributed by atoms with Crippen molar-refractivity contribution in [1.82, 2.24) is 20.4 Å². The van der Waals surface area contributed by atoms with E-state index in [2.05, 4.69) is 20.4 Å². The summed E-state index contributed by atoms with van der Waals surface area (Å²) >= 11 is 0. The van der Waals surface area contributed by atoms with Gasteiger partial charge in [-0.05, 0) is 45.2 Å². The SMILES string of the molecule is COCCCNC(=O)C1CCN(CC(=O)NCC2(N3CCOCC3)CCCCC2)CC1. The zero-order valence-electron chi connectivity index (χ0n) is 19.3. The number of nitrogens with zero attached hydrogens (tertiary/aromatic N) is 2. The molecule has 0 aromatic heterocycles. The van der Waals surface area contributed by atoms with Crippen LogP contribution in [0.5, 0.6) is 0 Å². The number of amides is 2. The van der Waals surface area contributed by atoms with Gasteiger partial charge >= 0.3 is 0 Å². The Morgan fingerprint density at radius 1 is 1.03 bits per heavy atom. The van der Waals surface area contributed by atoms with Crippen molar-refractivity contribution in [1.29, 1.82) is 0 Å². The molecule has 2 saturated heterocycles. The predicted octanol–water partition coefficient (Wildman–Crippen LogP) is 1.00. The van der Waals surface area contributed by atoms with Gasteiger partial charge in [0.25, 0.3) is 0 Å². The molecule has 1 aliphatic carbocycles. The summed E-state index contributed by atoms with van der Waals surface area (Å²) in [5, 5.41) is 6.26. The molecule has 0 aromatic rings. The Kier molecular flexibility index (Phi) is 10.0. The summed E-state index contributed by atoms with van der Waals surface area (Å²) in [5.41, 5.74) is 0.103. The smallest absolute Gasteiger partial charge is 0.234 e. The molecule has 0 aromatic carbocycles. The minimum Gasteiger partial charge on any atom is -0.385 e. The van der Waals surface area contributed by atoms with E-state index in [1.807, 2.05) is 0 Å². The molecule has 2 heterocycles. The number of carbonyl (C=O) groups excluding carboxylic acids is 2. The van der Waals surface area contributed by atoms with E-state index < -0.39 is 0 Å². The average molecular weight is 439 g/mol. The van der Waals surface area contributed by atoms with Gasteiger partial charge in [-0.25, -0.2) is 0 Å². The first-order chi connectivity index (χ1) is 15.1. The first-order valence-electron chi connectivity index (χ1n) is 12.2. The number of ether oxygens (including phenoxy) is 2. The lowest BCUT2D eigenvalue weighted by atomic mass is 9.79. The van der Waals surface area contributed by atoms with Crippen LogP contribution in [0, 0.1) is 5.92 Å². The summed E-state index contributed by atoms with van der Waals surface area (Å²) in [7, 11) is 1.67. The molecule has 3 rings (SSSR count). The number of nitrogens with one attached hydrogen (secondary N) is 2. The molecule has 8 nitrogen and oxygen atoms in total. The van der Waals surface area contributed by atoms with Gasteiger partial charge in [-0.3, -0.25) is 19.4 Å². The maximum absolute atomic E-state index is 12.7. The molecule has 8 heteroatoms. The van der Waals surface area contributed by atoms with Gasteiger partial charge in [0.2, 0.25) is 11.8 Å². The molecule has 0 radical (unpaired) electrons. The Labute approximate surface area is 187 Å². The zero-order valence-corrected chi connectivity index (χ0v) is 19.3. The second-order valence-electron chi connectivity index (χ2n) is 9.35. The van der Waals surface area contributed by atoms with Gasteiger partial charge in [-0.1, -0.05) is 19.3 Å². The van der Waals surface area contributed by atoms with Crippen molar-refractivity contribution in [2.75, 3.05) is 72.7 Å². The maximum Gasteiger partial charge on any atom is 0.234 e. The molecule has 0 unspecified atom stereocenters. The van der Waals surface area contributed by atoms with Crippen LogP contribution >= 0.6 is 0 Å². The van der Waals surface area contributed by atoms with Crippen LogP contribution in [0.2, 0.25) is 0 Å². The van der Waals surface area contributed by atoms with E-state index in [-0.39, 0.29) is 23.3 Å². The summed E-state index contributed by atoms with van der Waals surface area (Å²) in [6.45, 7) is 7.65. The molecule has 0 spiro atoms. The summed E-state index contributed by atoms with van der Waals surface area (Å²) < 4.78 is 10.6. The summed E-state index contributed by atoms with van der Waals surface area (Å²) in [6.07, 6.45) is 8.60. The van der Waals surface area contributed by atoms with Crippen LogP contribution in [-0.4, -0.2) is 99.9 Å². The molecule has 0 atom stereocenters. The first-order valence-corrected chi connectivity index (χ1v) is 12.2. The van der Waals surface area contributed by atoms with Gasteiger partial charge in [-0.2, -0.15) is 0 Å². The van der Waals surface area contributed by atoms with Crippen molar-refractivity contribution < 1.29 is 19.1 Å². The molecular weight excluding hydrogens is 396 g/mol. The highest BCUT2D eigenvalue weighted by Gasteiger charge is 2.39. The number of likely N-dealkylation sites (tertiary alicyclic amines) is 1. The first kappa shape index (κ1) is 24.4. The predicted molar refractivity (Wildman–Crippen MR) is 120 cm³/mol.